The molecule has 1 aliphatic carbocycles. The van der Waals surface area contributed by atoms with Crippen molar-refractivity contribution < 1.29 is 22.7 Å². The molecule has 7 nitrogen and oxygen atoms in total. The van der Waals surface area contributed by atoms with Crippen LogP contribution in [-0.2, 0) is 13.1 Å². The molecule has 2 fully saturated rings. The van der Waals surface area contributed by atoms with E-state index in [0.717, 1.165) is 36.5 Å². The molecule has 0 spiro atoms. The van der Waals surface area contributed by atoms with Crippen molar-refractivity contribution in [2.45, 2.75) is 19.5 Å². The second-order valence-corrected chi connectivity index (χ2v) is 10.4. The van der Waals surface area contributed by atoms with Gasteiger partial charge in [-0.25, -0.2) is 9.97 Å². The molecule has 6 rings (SSSR count). The lowest BCUT2D eigenvalue weighted by Crippen LogP contribution is -2.35. The van der Waals surface area contributed by atoms with E-state index in [9.17, 15) is 18.0 Å². The van der Waals surface area contributed by atoms with Gasteiger partial charge in [-0.2, -0.15) is 0 Å². The minimum Gasteiger partial charge on any atom is -0.406 e. The number of hydrogen-bond acceptors (Lipinski definition) is 6. The fourth-order valence-electron chi connectivity index (χ4n) is 5.44. The van der Waals surface area contributed by atoms with E-state index in [1.807, 2.05) is 24.3 Å². The topological polar surface area (TPSA) is 74.4 Å². The SMILES string of the molecule is O=C(c1cscn1)N(Cc1cccc(OC(F)(F)F)c1)CC1C2CN(Cc3nc4ccccc4[nH]3)CC21. The fourth-order valence-corrected chi connectivity index (χ4v) is 5.97. The standard InChI is InChI=1S/C26H24F3N5O2S/c27-26(28,29)36-17-5-3-4-16(8-17)9-34(25(35)23-14-37-15-30-23)12-20-18-10-33(11-19(18)20)13-24-31-21-6-1-2-7-22(21)32-24/h1-8,14-15,18-20H,9-13H2,(H,31,32). The maximum atomic E-state index is 13.2. The highest BCUT2D eigenvalue weighted by atomic mass is 32.1. The number of H-pyrrole nitrogens is 1. The normalized spacial score (nSPS) is 21.2. The largest absolute Gasteiger partial charge is 0.573 e. The van der Waals surface area contributed by atoms with Gasteiger partial charge in [-0.15, -0.1) is 24.5 Å². The summed E-state index contributed by atoms with van der Waals surface area (Å²) in [4.78, 5) is 29.5. The number of aromatic nitrogens is 3. The van der Waals surface area contributed by atoms with Crippen LogP contribution in [0, 0.1) is 17.8 Å². The molecular weight excluding hydrogens is 503 g/mol. The first-order valence-electron chi connectivity index (χ1n) is 12.0. The summed E-state index contributed by atoms with van der Waals surface area (Å²) in [6.45, 7) is 3.33. The minimum atomic E-state index is -4.77. The summed E-state index contributed by atoms with van der Waals surface area (Å²) in [5, 5.41) is 1.70. The molecule has 11 heteroatoms. The molecule has 2 aromatic carbocycles. The number of benzene rings is 2. The van der Waals surface area contributed by atoms with E-state index in [-0.39, 0.29) is 18.2 Å². The molecule has 1 N–H and O–H groups in total. The van der Waals surface area contributed by atoms with Crippen molar-refractivity contribution in [3.63, 3.8) is 0 Å². The van der Waals surface area contributed by atoms with Crippen LogP contribution in [0.25, 0.3) is 11.0 Å². The maximum Gasteiger partial charge on any atom is 0.573 e. The molecule has 2 unspecified atom stereocenters. The first-order valence-corrected chi connectivity index (χ1v) is 12.9. The molecule has 2 aromatic heterocycles. The fraction of sp³-hybridized carbons (Fsp3) is 0.346. The average Bonchev–Trinajstić information content (AvgIpc) is 3.35. The number of likely N-dealkylation sites (tertiary alicyclic amines) is 1. The number of piperidine rings is 1. The lowest BCUT2D eigenvalue weighted by atomic mass is 10.1. The molecule has 1 saturated heterocycles. The number of ether oxygens (including phenoxy) is 1. The Bertz CT molecular complexity index is 1360. The van der Waals surface area contributed by atoms with Crippen LogP contribution in [0.5, 0.6) is 5.75 Å². The van der Waals surface area contributed by atoms with E-state index in [1.54, 1.807) is 21.9 Å². The van der Waals surface area contributed by atoms with E-state index in [2.05, 4.69) is 24.6 Å². The van der Waals surface area contributed by atoms with Gasteiger partial charge in [-0.3, -0.25) is 9.69 Å². The van der Waals surface area contributed by atoms with Crippen LogP contribution in [0.2, 0.25) is 0 Å². The van der Waals surface area contributed by atoms with Gasteiger partial charge in [0.1, 0.15) is 17.3 Å². The molecule has 2 atom stereocenters. The van der Waals surface area contributed by atoms with Crippen molar-refractivity contribution in [3.05, 3.63) is 76.5 Å². The van der Waals surface area contributed by atoms with Crippen LogP contribution in [0.1, 0.15) is 21.9 Å². The van der Waals surface area contributed by atoms with Crippen LogP contribution in [0.15, 0.2) is 59.4 Å². The smallest absolute Gasteiger partial charge is 0.406 e. The lowest BCUT2D eigenvalue weighted by molar-refractivity contribution is -0.274. The van der Waals surface area contributed by atoms with Crippen molar-refractivity contribution in [2.75, 3.05) is 19.6 Å². The zero-order valence-corrected chi connectivity index (χ0v) is 20.5. The molecule has 0 bridgehead atoms. The number of rotatable bonds is 8. The van der Waals surface area contributed by atoms with Gasteiger partial charge in [0.25, 0.3) is 5.91 Å². The molecule has 4 aromatic rings. The van der Waals surface area contributed by atoms with Gasteiger partial charge in [-0.05, 0) is 47.6 Å². The predicted molar refractivity (Wildman–Crippen MR) is 132 cm³/mol. The lowest BCUT2D eigenvalue weighted by Gasteiger charge is -2.25. The van der Waals surface area contributed by atoms with Crippen molar-refractivity contribution in [1.82, 2.24) is 24.8 Å². The number of para-hydroxylation sites is 2. The van der Waals surface area contributed by atoms with E-state index >= 15 is 0 Å². The summed E-state index contributed by atoms with van der Waals surface area (Å²) in [6.07, 6.45) is -4.77. The van der Waals surface area contributed by atoms with E-state index in [1.165, 1.54) is 29.5 Å². The third kappa shape index (κ3) is 5.33. The third-order valence-corrected chi connectivity index (χ3v) is 7.72. The number of hydrogen-bond donors (Lipinski definition) is 1. The third-order valence-electron chi connectivity index (χ3n) is 7.13. The van der Waals surface area contributed by atoms with Crippen molar-refractivity contribution in [1.29, 1.82) is 0 Å². The Hall–Kier alpha value is -3.44. The predicted octanol–water partition coefficient (Wildman–Crippen LogP) is 4.94. The highest BCUT2D eigenvalue weighted by molar-refractivity contribution is 7.07. The van der Waals surface area contributed by atoms with Crippen molar-refractivity contribution in [2.24, 2.45) is 17.8 Å². The number of aromatic amines is 1. The maximum absolute atomic E-state index is 13.2. The second-order valence-electron chi connectivity index (χ2n) is 9.64. The van der Waals surface area contributed by atoms with Gasteiger partial charge in [0, 0.05) is 31.6 Å². The van der Waals surface area contributed by atoms with Gasteiger partial charge in [0.2, 0.25) is 0 Å². The second kappa shape index (κ2) is 9.46. The van der Waals surface area contributed by atoms with Gasteiger partial charge < -0.3 is 14.6 Å². The quantitative estimate of drug-likeness (QED) is 0.352. The van der Waals surface area contributed by atoms with Crippen LogP contribution in [-0.4, -0.2) is 56.7 Å². The number of amides is 1. The molecule has 192 valence electrons. The molecule has 2 aliphatic rings. The number of fused-ring (bicyclic) bond motifs is 2. The highest BCUT2D eigenvalue weighted by Gasteiger charge is 2.56. The molecule has 0 radical (unpaired) electrons. The van der Waals surface area contributed by atoms with Crippen LogP contribution in [0.4, 0.5) is 13.2 Å². The molecular formula is C26H24F3N5O2S. The Kier molecular flexibility index (Phi) is 6.12. The number of nitrogens with zero attached hydrogens (tertiary/aromatic N) is 4. The van der Waals surface area contributed by atoms with Gasteiger partial charge >= 0.3 is 6.36 Å². The zero-order chi connectivity index (χ0) is 25.6. The van der Waals surface area contributed by atoms with Gasteiger partial charge in [0.15, 0.2) is 0 Å². The summed E-state index contributed by atoms with van der Waals surface area (Å²) in [7, 11) is 0. The van der Waals surface area contributed by atoms with Crippen LogP contribution in [0.3, 0.4) is 0 Å². The zero-order valence-electron chi connectivity index (χ0n) is 19.7. The van der Waals surface area contributed by atoms with Crippen molar-refractivity contribution in [3.8, 4) is 5.75 Å². The Morgan fingerprint density at radius 2 is 1.97 bits per heavy atom. The molecule has 1 amide bonds. The number of carbonyl (C=O) groups is 1. The summed E-state index contributed by atoms with van der Waals surface area (Å²) in [5.41, 5.74) is 4.51. The Morgan fingerprint density at radius 1 is 1.16 bits per heavy atom. The molecule has 3 heterocycles. The monoisotopic (exact) mass is 527 g/mol. The average molecular weight is 528 g/mol. The number of halogens is 3. The number of alkyl halides is 3. The van der Waals surface area contributed by atoms with Crippen LogP contribution >= 0.6 is 11.3 Å². The first kappa shape index (κ1) is 23.9. The van der Waals surface area contributed by atoms with E-state index in [0.29, 0.717) is 35.6 Å². The van der Waals surface area contributed by atoms with E-state index in [4.69, 9.17) is 0 Å². The Labute approximate surface area is 214 Å². The Balaban J connectivity index is 1.11. The highest BCUT2D eigenvalue weighted by Crippen LogP contribution is 2.52. The summed E-state index contributed by atoms with van der Waals surface area (Å²) in [6, 6.07) is 13.8. The summed E-state index contributed by atoms with van der Waals surface area (Å²) >= 11 is 1.34. The van der Waals surface area contributed by atoms with Gasteiger partial charge in [-0.1, -0.05) is 24.3 Å². The number of imidazole rings is 1. The number of nitrogens with one attached hydrogen (secondary N) is 1. The first-order chi connectivity index (χ1) is 17.8. The summed E-state index contributed by atoms with van der Waals surface area (Å²) in [5.74, 6) is 1.75. The molecule has 1 aliphatic heterocycles. The van der Waals surface area contributed by atoms with Crippen molar-refractivity contribution >= 4 is 28.3 Å². The minimum absolute atomic E-state index is 0.185. The van der Waals surface area contributed by atoms with Gasteiger partial charge in [0.05, 0.1) is 23.1 Å². The Morgan fingerprint density at radius 3 is 2.70 bits per heavy atom. The van der Waals surface area contributed by atoms with Crippen LogP contribution < -0.4 is 4.74 Å². The van der Waals surface area contributed by atoms with E-state index < -0.39 is 6.36 Å². The summed E-state index contributed by atoms with van der Waals surface area (Å²) < 4.78 is 42.1. The molecule has 1 saturated carbocycles. The molecule has 37 heavy (non-hydrogen) atoms. The number of carbonyl (C=O) groups excluding carboxylic acids is 1. The number of thiazole rings is 1.